The molecule has 0 fully saturated rings. The normalized spacial score (nSPS) is 10.7. The molecule has 0 heterocycles. The van der Waals surface area contributed by atoms with E-state index in [1.54, 1.807) is 4.90 Å². The summed E-state index contributed by atoms with van der Waals surface area (Å²) in [6.07, 6.45) is -0.0504. The molecule has 1 rings (SSSR count). The highest BCUT2D eigenvalue weighted by molar-refractivity contribution is 5.96. The van der Waals surface area contributed by atoms with Crippen LogP contribution in [0.3, 0.4) is 0 Å². The number of rotatable bonds is 5. The molecule has 0 unspecified atom stereocenters. The van der Waals surface area contributed by atoms with Crippen LogP contribution in [0.5, 0.6) is 0 Å². The van der Waals surface area contributed by atoms with Crippen LogP contribution < -0.4 is 4.90 Å². The maximum Gasteiger partial charge on any atom is 0.305 e. The Balaban J connectivity index is 3.23. The van der Waals surface area contributed by atoms with Crippen molar-refractivity contribution in [2.45, 2.75) is 41.0 Å². The van der Waals surface area contributed by atoms with Crippen LogP contribution in [0.25, 0.3) is 0 Å². The molecule has 0 radical (unpaired) electrons. The van der Waals surface area contributed by atoms with E-state index in [-0.39, 0.29) is 24.8 Å². The van der Waals surface area contributed by atoms with Gasteiger partial charge in [0.2, 0.25) is 5.91 Å². The standard InChI is InChI=1S/C16H23NO3/c1-10(2)16(20)17(7-6-14(18)19)15-12(4)8-11(3)9-13(15)5/h8-10H,6-7H2,1-5H3,(H,18,19). The minimum atomic E-state index is -0.894. The Hall–Kier alpha value is -1.84. The first-order valence-electron chi connectivity index (χ1n) is 6.85. The van der Waals surface area contributed by atoms with Crippen LogP contribution in [-0.2, 0) is 9.59 Å². The number of benzene rings is 1. The highest BCUT2D eigenvalue weighted by Gasteiger charge is 2.22. The molecule has 0 atom stereocenters. The third-order valence-corrected chi connectivity index (χ3v) is 3.21. The molecule has 0 saturated heterocycles. The monoisotopic (exact) mass is 277 g/mol. The molecule has 1 N–H and O–H groups in total. The molecule has 4 nitrogen and oxygen atoms in total. The number of aryl methyl sites for hydroxylation is 3. The van der Waals surface area contributed by atoms with Gasteiger partial charge in [-0.1, -0.05) is 31.5 Å². The molecule has 0 aromatic heterocycles. The number of carbonyl (C=O) groups is 2. The van der Waals surface area contributed by atoms with E-state index in [4.69, 9.17) is 5.11 Å². The first-order valence-corrected chi connectivity index (χ1v) is 6.85. The van der Waals surface area contributed by atoms with Gasteiger partial charge in [-0.05, 0) is 31.9 Å². The molecule has 110 valence electrons. The molecule has 1 amide bonds. The van der Waals surface area contributed by atoms with E-state index in [2.05, 4.69) is 0 Å². The molecule has 0 aliphatic carbocycles. The number of nitrogens with zero attached hydrogens (tertiary/aromatic N) is 1. The molecule has 0 spiro atoms. The zero-order valence-electron chi connectivity index (χ0n) is 12.9. The van der Waals surface area contributed by atoms with Crippen molar-refractivity contribution in [1.29, 1.82) is 0 Å². The zero-order chi connectivity index (χ0) is 15.4. The van der Waals surface area contributed by atoms with E-state index < -0.39 is 5.97 Å². The van der Waals surface area contributed by atoms with Crippen molar-refractivity contribution in [3.8, 4) is 0 Å². The fourth-order valence-corrected chi connectivity index (χ4v) is 2.45. The van der Waals surface area contributed by atoms with Crippen molar-refractivity contribution in [2.75, 3.05) is 11.4 Å². The van der Waals surface area contributed by atoms with Crippen LogP contribution in [0.2, 0.25) is 0 Å². The Bertz CT molecular complexity index is 497. The van der Waals surface area contributed by atoms with E-state index in [0.717, 1.165) is 22.4 Å². The van der Waals surface area contributed by atoms with Crippen LogP contribution in [0.15, 0.2) is 12.1 Å². The molecule has 0 aliphatic heterocycles. The fraction of sp³-hybridized carbons (Fsp3) is 0.500. The van der Waals surface area contributed by atoms with Crippen molar-refractivity contribution in [3.63, 3.8) is 0 Å². The number of carbonyl (C=O) groups excluding carboxylic acids is 1. The summed E-state index contributed by atoms with van der Waals surface area (Å²) in [6, 6.07) is 4.04. The summed E-state index contributed by atoms with van der Waals surface area (Å²) in [4.78, 5) is 24.8. The minimum absolute atomic E-state index is 0.0405. The van der Waals surface area contributed by atoms with Crippen molar-refractivity contribution >= 4 is 17.6 Å². The van der Waals surface area contributed by atoms with Gasteiger partial charge in [0.1, 0.15) is 0 Å². The lowest BCUT2D eigenvalue weighted by molar-refractivity contribution is -0.136. The maximum absolute atomic E-state index is 12.4. The largest absolute Gasteiger partial charge is 0.481 e. The molecule has 0 bridgehead atoms. The molecular weight excluding hydrogens is 254 g/mol. The first-order chi connectivity index (χ1) is 9.23. The van der Waals surface area contributed by atoms with Crippen LogP contribution in [-0.4, -0.2) is 23.5 Å². The van der Waals surface area contributed by atoms with E-state index in [1.165, 1.54) is 0 Å². The minimum Gasteiger partial charge on any atom is -0.481 e. The summed E-state index contributed by atoms with van der Waals surface area (Å²) >= 11 is 0. The van der Waals surface area contributed by atoms with E-state index in [0.29, 0.717) is 0 Å². The SMILES string of the molecule is Cc1cc(C)c(N(CCC(=O)O)C(=O)C(C)C)c(C)c1. The Morgan fingerprint density at radius 2 is 1.65 bits per heavy atom. The topological polar surface area (TPSA) is 57.6 Å². The van der Waals surface area contributed by atoms with Gasteiger partial charge in [-0.2, -0.15) is 0 Å². The lowest BCUT2D eigenvalue weighted by Crippen LogP contribution is -2.37. The van der Waals surface area contributed by atoms with Gasteiger partial charge in [-0.15, -0.1) is 0 Å². The summed E-state index contributed by atoms with van der Waals surface area (Å²) < 4.78 is 0. The summed E-state index contributed by atoms with van der Waals surface area (Å²) in [5, 5.41) is 8.87. The quantitative estimate of drug-likeness (QED) is 0.899. The van der Waals surface area contributed by atoms with Gasteiger partial charge in [0, 0.05) is 18.2 Å². The van der Waals surface area contributed by atoms with Gasteiger partial charge < -0.3 is 10.0 Å². The number of carboxylic acid groups (broad SMARTS) is 1. The second kappa shape index (κ2) is 6.55. The van der Waals surface area contributed by atoms with E-state index >= 15 is 0 Å². The molecule has 1 aromatic rings. The van der Waals surface area contributed by atoms with Gasteiger partial charge in [-0.25, -0.2) is 0 Å². The number of amides is 1. The van der Waals surface area contributed by atoms with Crippen LogP contribution >= 0.6 is 0 Å². The molecule has 0 saturated carbocycles. The van der Waals surface area contributed by atoms with Crippen LogP contribution in [0, 0.1) is 26.7 Å². The lowest BCUT2D eigenvalue weighted by atomic mass is 10.0. The first kappa shape index (κ1) is 16.2. The van der Waals surface area contributed by atoms with Crippen LogP contribution in [0.4, 0.5) is 5.69 Å². The highest BCUT2D eigenvalue weighted by atomic mass is 16.4. The molecule has 1 aromatic carbocycles. The second-order valence-electron chi connectivity index (χ2n) is 5.54. The Morgan fingerprint density at radius 1 is 1.15 bits per heavy atom. The molecule has 0 aliphatic rings. The second-order valence-corrected chi connectivity index (χ2v) is 5.54. The van der Waals surface area contributed by atoms with Gasteiger partial charge >= 0.3 is 5.97 Å². The molecule has 20 heavy (non-hydrogen) atoms. The Morgan fingerprint density at radius 3 is 2.05 bits per heavy atom. The average Bonchev–Trinajstić information content (AvgIpc) is 2.30. The number of hydrogen-bond acceptors (Lipinski definition) is 2. The van der Waals surface area contributed by atoms with Crippen molar-refractivity contribution < 1.29 is 14.7 Å². The molecular formula is C16H23NO3. The van der Waals surface area contributed by atoms with Gasteiger partial charge in [0.15, 0.2) is 0 Å². The fourth-order valence-electron chi connectivity index (χ4n) is 2.45. The van der Waals surface area contributed by atoms with Gasteiger partial charge in [0.25, 0.3) is 0 Å². The zero-order valence-corrected chi connectivity index (χ0v) is 12.9. The van der Waals surface area contributed by atoms with E-state index in [9.17, 15) is 9.59 Å². The summed E-state index contributed by atoms with van der Waals surface area (Å²) in [5.41, 5.74) is 3.98. The Kier molecular flexibility index (Phi) is 5.31. The number of anilines is 1. The third kappa shape index (κ3) is 3.83. The third-order valence-electron chi connectivity index (χ3n) is 3.21. The smallest absolute Gasteiger partial charge is 0.305 e. The van der Waals surface area contributed by atoms with Gasteiger partial charge in [-0.3, -0.25) is 9.59 Å². The predicted molar refractivity (Wildman–Crippen MR) is 80.1 cm³/mol. The number of carboxylic acids is 1. The summed E-state index contributed by atoms with van der Waals surface area (Å²) in [7, 11) is 0. The van der Waals surface area contributed by atoms with Crippen molar-refractivity contribution in [1.82, 2.24) is 0 Å². The van der Waals surface area contributed by atoms with E-state index in [1.807, 2.05) is 46.8 Å². The maximum atomic E-state index is 12.4. The Labute approximate surface area is 120 Å². The van der Waals surface area contributed by atoms with Crippen molar-refractivity contribution in [2.24, 2.45) is 5.92 Å². The van der Waals surface area contributed by atoms with Gasteiger partial charge in [0.05, 0.1) is 6.42 Å². The number of aliphatic carboxylic acids is 1. The average molecular weight is 277 g/mol. The van der Waals surface area contributed by atoms with Crippen LogP contribution in [0.1, 0.15) is 37.0 Å². The molecule has 4 heteroatoms. The predicted octanol–water partition coefficient (Wildman–Crippen LogP) is 3.08. The van der Waals surface area contributed by atoms with Crippen molar-refractivity contribution in [3.05, 3.63) is 28.8 Å². The number of hydrogen-bond donors (Lipinski definition) is 1. The lowest BCUT2D eigenvalue weighted by Gasteiger charge is -2.28. The highest BCUT2D eigenvalue weighted by Crippen LogP contribution is 2.27. The summed E-state index contributed by atoms with van der Waals surface area (Å²) in [5.74, 6) is -1.10. The summed E-state index contributed by atoms with van der Waals surface area (Å²) in [6.45, 7) is 9.78.